The number of hydroxylamine groups is 3. The van der Waals surface area contributed by atoms with Gasteiger partial charge in [0.2, 0.25) is 0 Å². The maximum atomic E-state index is 12.2. The Morgan fingerprint density at radius 2 is 2.17 bits per heavy atom. The Bertz CT molecular complexity index is 636. The summed E-state index contributed by atoms with van der Waals surface area (Å²) in [5.41, 5.74) is 7.47. The lowest BCUT2D eigenvalue weighted by molar-refractivity contribution is -0.148. The number of piperidine rings is 1. The molecule has 0 aliphatic carbocycles. The third-order valence-corrected chi connectivity index (χ3v) is 4.46. The number of nitrogens with one attached hydrogen (secondary N) is 1. The molecule has 0 aromatic rings. The van der Waals surface area contributed by atoms with E-state index in [0.717, 1.165) is 0 Å². The molecule has 3 fully saturated rings. The number of fused-ring (bicyclic) bond motifs is 2. The number of hydrogen-bond acceptors (Lipinski definition) is 8. The molecule has 2 bridgehead atoms. The molecule has 0 unspecified atom stereocenters. The first-order valence-electron chi connectivity index (χ1n) is 7.24. The Hall–Kier alpha value is -1.51. The zero-order chi connectivity index (χ0) is 17.5. The minimum atomic E-state index is -4.82. The van der Waals surface area contributed by atoms with E-state index in [1.54, 1.807) is 0 Å². The fraction of sp³-hybridized carbons (Fsp3) is 0.818. The van der Waals surface area contributed by atoms with Crippen molar-refractivity contribution in [2.45, 2.75) is 30.5 Å². The molecular formula is C11H18N4O8S. The fourth-order valence-corrected chi connectivity index (χ4v) is 3.26. The number of nitrogens with two attached hydrogens (primary N) is 1. The van der Waals surface area contributed by atoms with Crippen LogP contribution in [0.2, 0.25) is 0 Å². The average molecular weight is 366 g/mol. The summed E-state index contributed by atoms with van der Waals surface area (Å²) < 4.78 is 39.6. The monoisotopic (exact) mass is 366 g/mol. The number of nitrogens with zero attached hydrogens (tertiary/aromatic N) is 2. The van der Waals surface area contributed by atoms with Gasteiger partial charge in [0.25, 0.3) is 5.91 Å². The first-order valence-corrected chi connectivity index (χ1v) is 8.60. The number of ether oxygens (including phenoxy) is 1. The standard InChI is InChI=1S/C11H18N4O8S/c12-11(4-21-5-11)6-22-13-9(16)8-2-1-7-3-14(8)10(17)15(7)23-24(18,19)20/h7-8H,1-6,12H2,(H,13,16)(H,18,19,20)/t7-,8+/m1/s1. The van der Waals surface area contributed by atoms with Crippen molar-refractivity contribution in [1.82, 2.24) is 15.4 Å². The highest BCUT2D eigenvalue weighted by molar-refractivity contribution is 7.80. The second kappa shape index (κ2) is 6.09. The molecule has 3 saturated heterocycles. The topological polar surface area (TPSA) is 161 Å². The van der Waals surface area contributed by atoms with Crippen LogP contribution in [-0.2, 0) is 29.1 Å². The van der Waals surface area contributed by atoms with Gasteiger partial charge in [-0.2, -0.15) is 13.5 Å². The summed E-state index contributed by atoms with van der Waals surface area (Å²) in [6, 6.07) is -2.18. The summed E-state index contributed by atoms with van der Waals surface area (Å²) in [6.45, 7) is 0.849. The van der Waals surface area contributed by atoms with Crippen molar-refractivity contribution < 1.29 is 36.4 Å². The summed E-state index contributed by atoms with van der Waals surface area (Å²) in [7, 11) is -4.82. The average Bonchev–Trinajstić information content (AvgIpc) is 2.69. The molecule has 4 N–H and O–H groups in total. The third kappa shape index (κ3) is 3.45. The molecule has 3 amide bonds. The van der Waals surface area contributed by atoms with Crippen molar-refractivity contribution in [2.75, 3.05) is 26.4 Å². The van der Waals surface area contributed by atoms with Crippen LogP contribution in [0.3, 0.4) is 0 Å². The van der Waals surface area contributed by atoms with Crippen LogP contribution >= 0.6 is 0 Å². The smallest absolute Gasteiger partial charge is 0.377 e. The number of urea groups is 1. The molecule has 0 saturated carbocycles. The van der Waals surface area contributed by atoms with E-state index in [-0.39, 0.29) is 13.2 Å². The van der Waals surface area contributed by atoms with E-state index in [0.29, 0.717) is 31.1 Å². The molecule has 3 aliphatic heterocycles. The summed E-state index contributed by atoms with van der Waals surface area (Å²) in [4.78, 5) is 30.6. The minimum Gasteiger partial charge on any atom is -0.377 e. The maximum absolute atomic E-state index is 12.2. The molecule has 0 aromatic carbocycles. The van der Waals surface area contributed by atoms with Crippen molar-refractivity contribution in [1.29, 1.82) is 0 Å². The van der Waals surface area contributed by atoms with Crippen molar-refractivity contribution in [2.24, 2.45) is 5.73 Å². The molecular weight excluding hydrogens is 348 g/mol. The van der Waals surface area contributed by atoms with Gasteiger partial charge >= 0.3 is 16.4 Å². The molecule has 0 aromatic heterocycles. The van der Waals surface area contributed by atoms with Crippen LogP contribution in [-0.4, -0.2) is 78.9 Å². The molecule has 3 heterocycles. The molecule has 12 nitrogen and oxygen atoms in total. The van der Waals surface area contributed by atoms with E-state index in [9.17, 15) is 18.0 Å². The van der Waals surface area contributed by atoms with E-state index >= 15 is 0 Å². The number of hydrogen-bond donors (Lipinski definition) is 3. The van der Waals surface area contributed by atoms with Gasteiger partial charge in [0, 0.05) is 6.54 Å². The molecule has 136 valence electrons. The van der Waals surface area contributed by atoms with Crippen molar-refractivity contribution in [3.8, 4) is 0 Å². The van der Waals surface area contributed by atoms with Crippen LogP contribution in [0.5, 0.6) is 0 Å². The third-order valence-electron chi connectivity index (χ3n) is 4.11. The van der Waals surface area contributed by atoms with Gasteiger partial charge in [-0.15, -0.1) is 4.28 Å². The van der Waals surface area contributed by atoms with Gasteiger partial charge in [-0.1, -0.05) is 0 Å². The summed E-state index contributed by atoms with van der Waals surface area (Å²) >= 11 is 0. The van der Waals surface area contributed by atoms with Gasteiger partial charge in [0.15, 0.2) is 0 Å². The molecule has 13 heteroatoms. The molecule has 0 radical (unpaired) electrons. The van der Waals surface area contributed by atoms with Crippen LogP contribution in [0, 0.1) is 0 Å². The highest BCUT2D eigenvalue weighted by Crippen LogP contribution is 2.30. The lowest BCUT2D eigenvalue weighted by Gasteiger charge is -2.37. The van der Waals surface area contributed by atoms with E-state index in [1.165, 1.54) is 4.90 Å². The van der Waals surface area contributed by atoms with Crippen LogP contribution in [0.1, 0.15) is 12.8 Å². The van der Waals surface area contributed by atoms with Crippen molar-refractivity contribution >= 4 is 22.3 Å². The summed E-state index contributed by atoms with van der Waals surface area (Å²) in [5.74, 6) is -0.542. The first-order chi connectivity index (χ1) is 11.2. The van der Waals surface area contributed by atoms with Crippen LogP contribution in [0.4, 0.5) is 4.79 Å². The SMILES string of the molecule is NC1(CONC(=O)[C@@H]2CC[C@@H]3CN2C(=O)N3OS(=O)(=O)O)COC1. The number of amides is 3. The Morgan fingerprint density at radius 1 is 1.46 bits per heavy atom. The largest absolute Gasteiger partial charge is 0.418 e. The predicted molar refractivity (Wildman–Crippen MR) is 75.2 cm³/mol. The lowest BCUT2D eigenvalue weighted by atomic mass is 10.0. The Balaban J connectivity index is 1.56. The van der Waals surface area contributed by atoms with Gasteiger partial charge in [-0.3, -0.25) is 14.2 Å². The van der Waals surface area contributed by atoms with Crippen molar-refractivity contribution in [3.63, 3.8) is 0 Å². The molecule has 0 spiro atoms. The fourth-order valence-electron chi connectivity index (χ4n) is 2.87. The van der Waals surface area contributed by atoms with Crippen LogP contribution in [0.15, 0.2) is 0 Å². The van der Waals surface area contributed by atoms with Crippen LogP contribution in [0.25, 0.3) is 0 Å². The lowest BCUT2D eigenvalue weighted by Crippen LogP contribution is -2.61. The molecule has 2 atom stereocenters. The first kappa shape index (κ1) is 17.3. The zero-order valence-electron chi connectivity index (χ0n) is 12.6. The van der Waals surface area contributed by atoms with Gasteiger partial charge in [-0.05, 0) is 12.8 Å². The Morgan fingerprint density at radius 3 is 2.75 bits per heavy atom. The second-order valence-corrected chi connectivity index (χ2v) is 7.12. The van der Waals surface area contributed by atoms with E-state index in [4.69, 9.17) is 19.9 Å². The van der Waals surface area contributed by atoms with Gasteiger partial charge in [0.1, 0.15) is 6.04 Å². The highest BCUT2D eigenvalue weighted by atomic mass is 32.3. The van der Waals surface area contributed by atoms with E-state index in [2.05, 4.69) is 9.76 Å². The minimum absolute atomic E-state index is 0.0695. The highest BCUT2D eigenvalue weighted by Gasteiger charge is 2.49. The van der Waals surface area contributed by atoms with Crippen LogP contribution < -0.4 is 11.2 Å². The maximum Gasteiger partial charge on any atom is 0.418 e. The summed E-state index contributed by atoms with van der Waals surface area (Å²) in [5, 5.41) is 0.573. The van der Waals surface area contributed by atoms with E-state index in [1.807, 2.05) is 0 Å². The van der Waals surface area contributed by atoms with Gasteiger partial charge in [0.05, 0.1) is 31.4 Å². The zero-order valence-corrected chi connectivity index (χ0v) is 13.4. The number of carbonyl (C=O) groups excluding carboxylic acids is 2. The Labute approximate surface area is 137 Å². The second-order valence-electron chi connectivity index (χ2n) is 6.12. The quantitative estimate of drug-likeness (QED) is 0.349. The predicted octanol–water partition coefficient (Wildman–Crippen LogP) is -2.24. The van der Waals surface area contributed by atoms with Gasteiger partial charge < -0.3 is 15.4 Å². The van der Waals surface area contributed by atoms with E-state index < -0.39 is 40.0 Å². The normalized spacial score (nSPS) is 28.7. The van der Waals surface area contributed by atoms with Gasteiger partial charge in [-0.25, -0.2) is 10.3 Å². The molecule has 3 aliphatic rings. The number of carbonyl (C=O) groups is 2. The molecule has 3 rings (SSSR count). The number of rotatable bonds is 6. The summed E-state index contributed by atoms with van der Waals surface area (Å²) in [6.07, 6.45) is 0.637. The molecule has 24 heavy (non-hydrogen) atoms. The van der Waals surface area contributed by atoms with Crippen molar-refractivity contribution in [3.05, 3.63) is 0 Å². The Kier molecular flexibility index (Phi) is 4.39.